The number of fused-ring (bicyclic) bond motifs is 1. The van der Waals surface area contributed by atoms with Gasteiger partial charge in [0.15, 0.2) is 0 Å². The average Bonchev–Trinajstić information content (AvgIpc) is 3.26. The van der Waals surface area contributed by atoms with Crippen LogP contribution in [-0.4, -0.2) is 84.1 Å². The minimum absolute atomic E-state index is 0.156. The fraction of sp³-hybridized carbons (Fsp3) is 0.548. The van der Waals surface area contributed by atoms with E-state index in [1.165, 1.54) is 6.08 Å². The predicted molar refractivity (Wildman–Crippen MR) is 157 cm³/mol. The van der Waals surface area contributed by atoms with Gasteiger partial charge in [0.1, 0.15) is 18.2 Å². The summed E-state index contributed by atoms with van der Waals surface area (Å²) in [7, 11) is 2.12. The standard InChI is InChI=1S/C31H40FN7O2/c1-5-29(40)39-17-16-38(18-23(39)12-13-33)30-25-9-7-15-37(28-11-10-26(32)21(2)22(28)3)19-27(25)34-31(35-30)41-20-24-8-6-14-36(24)4/h5,10-11,23-24H,1,6-9,12,14-20H2,2-4H3/t23?,24-/m0/s1. The molecule has 0 saturated carbocycles. The summed E-state index contributed by atoms with van der Waals surface area (Å²) in [6.07, 6.45) is 5.47. The van der Waals surface area contributed by atoms with Crippen LogP contribution in [0.25, 0.3) is 0 Å². The summed E-state index contributed by atoms with van der Waals surface area (Å²) >= 11 is 0. The SMILES string of the molecule is C=CC(=O)N1CCN(c2nc(OC[C@@H]3CCCN3C)nc3c2CCCN(c2ccc(F)c(C)c2C)C3)CC1CC#N. The zero-order chi connectivity index (χ0) is 29.1. The highest BCUT2D eigenvalue weighted by Crippen LogP contribution is 2.34. The van der Waals surface area contributed by atoms with Gasteiger partial charge in [0.05, 0.1) is 30.8 Å². The maximum Gasteiger partial charge on any atom is 0.318 e. The molecule has 0 bridgehead atoms. The summed E-state index contributed by atoms with van der Waals surface area (Å²) in [6.45, 7) is 12.0. The molecule has 9 nitrogen and oxygen atoms in total. The van der Waals surface area contributed by atoms with Gasteiger partial charge in [0.2, 0.25) is 5.91 Å². The van der Waals surface area contributed by atoms with Gasteiger partial charge in [0, 0.05) is 43.5 Å². The number of likely N-dealkylation sites (N-methyl/N-ethyl adjacent to an activating group) is 1. The van der Waals surface area contributed by atoms with Crippen LogP contribution in [0.3, 0.4) is 0 Å². The first kappa shape index (κ1) is 28.8. The van der Waals surface area contributed by atoms with Gasteiger partial charge in [0.25, 0.3) is 0 Å². The van der Waals surface area contributed by atoms with Crippen LogP contribution in [0.4, 0.5) is 15.9 Å². The highest BCUT2D eigenvalue weighted by atomic mass is 19.1. The molecule has 4 heterocycles. The van der Waals surface area contributed by atoms with Gasteiger partial charge in [-0.15, -0.1) is 0 Å². The molecule has 2 atom stereocenters. The van der Waals surface area contributed by atoms with Crippen molar-refractivity contribution in [3.8, 4) is 12.1 Å². The largest absolute Gasteiger partial charge is 0.462 e. The Labute approximate surface area is 242 Å². The molecule has 3 aliphatic heterocycles. The molecule has 5 rings (SSSR count). The number of hydrogen-bond donors (Lipinski definition) is 0. The zero-order valence-electron chi connectivity index (χ0n) is 24.4. The van der Waals surface area contributed by atoms with Crippen molar-refractivity contribution in [1.82, 2.24) is 19.8 Å². The topological polar surface area (TPSA) is 88.8 Å². The molecule has 0 radical (unpaired) electrons. The first-order chi connectivity index (χ1) is 19.8. The molecule has 1 unspecified atom stereocenters. The van der Waals surface area contributed by atoms with Crippen molar-refractivity contribution in [2.24, 2.45) is 0 Å². The lowest BCUT2D eigenvalue weighted by Gasteiger charge is -2.41. The Bertz CT molecular complexity index is 1340. The summed E-state index contributed by atoms with van der Waals surface area (Å²) in [5.41, 5.74) is 4.59. The summed E-state index contributed by atoms with van der Waals surface area (Å²) in [6, 6.07) is 6.08. The summed E-state index contributed by atoms with van der Waals surface area (Å²) < 4.78 is 20.5. The number of rotatable bonds is 7. The summed E-state index contributed by atoms with van der Waals surface area (Å²) in [5, 5.41) is 9.50. The summed E-state index contributed by atoms with van der Waals surface area (Å²) in [5.74, 6) is 0.476. The van der Waals surface area contributed by atoms with E-state index in [0.29, 0.717) is 50.4 Å². The van der Waals surface area contributed by atoms with Gasteiger partial charge in [-0.05, 0) is 82.5 Å². The van der Waals surface area contributed by atoms with Gasteiger partial charge < -0.3 is 24.3 Å². The molecule has 3 aliphatic rings. The molecule has 2 fully saturated rings. The highest BCUT2D eigenvalue weighted by Gasteiger charge is 2.33. The molecule has 2 saturated heterocycles. The third kappa shape index (κ3) is 6.01. The molecular weight excluding hydrogens is 521 g/mol. The number of aromatic nitrogens is 2. The van der Waals surface area contributed by atoms with E-state index < -0.39 is 0 Å². The van der Waals surface area contributed by atoms with Crippen LogP contribution < -0.4 is 14.5 Å². The Morgan fingerprint density at radius 3 is 2.71 bits per heavy atom. The molecule has 0 spiro atoms. The van der Waals surface area contributed by atoms with E-state index in [1.807, 2.05) is 19.9 Å². The minimum atomic E-state index is -0.256. The van der Waals surface area contributed by atoms with Crippen molar-refractivity contribution in [1.29, 1.82) is 5.26 Å². The number of nitriles is 1. The third-order valence-corrected chi connectivity index (χ3v) is 8.92. The van der Waals surface area contributed by atoms with Gasteiger partial charge in [-0.25, -0.2) is 4.39 Å². The zero-order valence-corrected chi connectivity index (χ0v) is 24.4. The van der Waals surface area contributed by atoms with Gasteiger partial charge in [-0.2, -0.15) is 15.2 Å². The van der Waals surface area contributed by atoms with Crippen LogP contribution in [0.1, 0.15) is 48.1 Å². The number of benzene rings is 1. The molecule has 1 amide bonds. The maximum absolute atomic E-state index is 14.3. The number of carbonyl (C=O) groups is 1. The van der Waals surface area contributed by atoms with Crippen molar-refractivity contribution in [3.63, 3.8) is 0 Å². The van der Waals surface area contributed by atoms with E-state index >= 15 is 0 Å². The molecule has 2 aromatic rings. The van der Waals surface area contributed by atoms with Crippen LogP contribution in [0.15, 0.2) is 24.8 Å². The normalized spacial score (nSPS) is 21.3. The number of hydrogen-bond acceptors (Lipinski definition) is 8. The van der Waals surface area contributed by atoms with Gasteiger partial charge in [-0.1, -0.05) is 6.58 Å². The van der Waals surface area contributed by atoms with Crippen LogP contribution in [0.2, 0.25) is 0 Å². The Kier molecular flexibility index (Phi) is 8.74. The number of likely N-dealkylation sites (tertiary alicyclic amines) is 1. The van der Waals surface area contributed by atoms with Crippen molar-refractivity contribution in [2.45, 2.75) is 64.6 Å². The van der Waals surface area contributed by atoms with Crippen LogP contribution in [-0.2, 0) is 17.8 Å². The average molecular weight is 562 g/mol. The maximum atomic E-state index is 14.3. The molecule has 1 aromatic carbocycles. The van der Waals surface area contributed by atoms with E-state index in [0.717, 1.165) is 67.1 Å². The first-order valence-corrected chi connectivity index (χ1v) is 14.6. The van der Waals surface area contributed by atoms with Crippen LogP contribution in [0.5, 0.6) is 6.01 Å². The third-order valence-electron chi connectivity index (χ3n) is 8.92. The van der Waals surface area contributed by atoms with Crippen molar-refractivity contribution >= 4 is 17.4 Å². The Morgan fingerprint density at radius 1 is 1.15 bits per heavy atom. The van der Waals surface area contributed by atoms with E-state index in [1.54, 1.807) is 11.0 Å². The Balaban J connectivity index is 1.49. The lowest BCUT2D eigenvalue weighted by molar-refractivity contribution is -0.128. The first-order valence-electron chi connectivity index (χ1n) is 14.6. The van der Waals surface area contributed by atoms with E-state index in [2.05, 4.69) is 34.4 Å². The Hall–Kier alpha value is -3.71. The van der Waals surface area contributed by atoms with Gasteiger partial charge >= 0.3 is 6.01 Å². The number of amides is 1. The number of halogens is 1. The fourth-order valence-corrected chi connectivity index (χ4v) is 6.33. The monoisotopic (exact) mass is 561 g/mol. The van der Waals surface area contributed by atoms with Crippen molar-refractivity contribution in [2.75, 3.05) is 56.2 Å². The number of ether oxygens (including phenoxy) is 1. The predicted octanol–water partition coefficient (Wildman–Crippen LogP) is 3.78. The second kappa shape index (κ2) is 12.4. The number of carbonyl (C=O) groups excluding carboxylic acids is 1. The lowest BCUT2D eigenvalue weighted by Crippen LogP contribution is -2.55. The Morgan fingerprint density at radius 2 is 1.98 bits per heavy atom. The molecule has 218 valence electrons. The molecule has 0 aliphatic carbocycles. The number of nitrogens with zero attached hydrogens (tertiary/aromatic N) is 7. The highest BCUT2D eigenvalue weighted by molar-refractivity contribution is 5.87. The second-order valence-corrected chi connectivity index (χ2v) is 11.4. The van der Waals surface area contributed by atoms with E-state index in [-0.39, 0.29) is 24.2 Å². The molecule has 10 heteroatoms. The molecular formula is C31H40FN7O2. The molecule has 0 N–H and O–H groups in total. The van der Waals surface area contributed by atoms with Crippen molar-refractivity contribution < 1.29 is 13.9 Å². The van der Waals surface area contributed by atoms with E-state index in [4.69, 9.17) is 14.7 Å². The van der Waals surface area contributed by atoms with E-state index in [9.17, 15) is 14.4 Å². The fourth-order valence-electron chi connectivity index (χ4n) is 6.33. The lowest BCUT2D eigenvalue weighted by atomic mass is 10.1. The quantitative estimate of drug-likeness (QED) is 0.472. The number of anilines is 2. The van der Waals surface area contributed by atoms with Crippen molar-refractivity contribution in [3.05, 3.63) is 53.0 Å². The second-order valence-electron chi connectivity index (χ2n) is 11.4. The summed E-state index contributed by atoms with van der Waals surface area (Å²) in [4.78, 5) is 30.9. The van der Waals surface area contributed by atoms with Crippen LogP contribution in [0, 0.1) is 31.0 Å². The number of piperazine rings is 1. The van der Waals surface area contributed by atoms with Crippen LogP contribution >= 0.6 is 0 Å². The molecule has 41 heavy (non-hydrogen) atoms. The van der Waals surface area contributed by atoms with Gasteiger partial charge in [-0.3, -0.25) is 4.79 Å². The molecule has 1 aromatic heterocycles. The minimum Gasteiger partial charge on any atom is -0.462 e. The smallest absolute Gasteiger partial charge is 0.318 e.